The van der Waals surface area contributed by atoms with Crippen LogP contribution >= 0.6 is 11.3 Å². The summed E-state index contributed by atoms with van der Waals surface area (Å²) >= 11 is 1.20. The van der Waals surface area contributed by atoms with Crippen LogP contribution in [0.1, 0.15) is 20.2 Å². The molecule has 24 heavy (non-hydrogen) atoms. The number of carboxylic acid groups (broad SMARTS) is 1. The Bertz CT molecular complexity index is 906. The lowest BCUT2D eigenvalue weighted by Crippen LogP contribution is -2.11. The molecule has 0 aliphatic rings. The number of anilines is 1. The molecule has 120 valence electrons. The number of amides is 1. The van der Waals surface area contributed by atoms with Gasteiger partial charge in [0.05, 0.1) is 5.69 Å². The van der Waals surface area contributed by atoms with E-state index < -0.39 is 17.6 Å². The highest BCUT2D eigenvalue weighted by atomic mass is 32.1. The van der Waals surface area contributed by atoms with E-state index in [1.807, 2.05) is 30.3 Å². The Hall–Kier alpha value is -3.19. The van der Waals surface area contributed by atoms with Crippen LogP contribution in [0.15, 0.2) is 53.9 Å². The lowest BCUT2D eigenvalue weighted by atomic mass is 10.2. The summed E-state index contributed by atoms with van der Waals surface area (Å²) in [7, 11) is 0. The number of hydrogen-bond acceptors (Lipinski definition) is 5. The van der Waals surface area contributed by atoms with Crippen molar-refractivity contribution in [3.8, 4) is 17.0 Å². The molecule has 0 atom stereocenters. The molecule has 3 N–H and O–H groups in total. The molecule has 3 aromatic rings. The fourth-order valence-corrected chi connectivity index (χ4v) is 2.82. The number of aromatic hydroxyl groups is 1. The molecular formula is C17H12N2O4S. The molecule has 0 saturated heterocycles. The van der Waals surface area contributed by atoms with Gasteiger partial charge in [-0.1, -0.05) is 30.3 Å². The molecule has 1 aromatic heterocycles. The number of carbonyl (C=O) groups excluding carboxylic acids is 1. The van der Waals surface area contributed by atoms with Crippen molar-refractivity contribution < 1.29 is 19.8 Å². The van der Waals surface area contributed by atoms with Crippen molar-refractivity contribution in [2.45, 2.75) is 0 Å². The predicted octanol–water partition coefficient (Wildman–Crippen LogP) is 3.47. The first-order chi connectivity index (χ1) is 11.5. The van der Waals surface area contributed by atoms with E-state index in [2.05, 4.69) is 10.3 Å². The van der Waals surface area contributed by atoms with Gasteiger partial charge in [0.25, 0.3) is 5.91 Å². The fourth-order valence-electron chi connectivity index (χ4n) is 2.09. The van der Waals surface area contributed by atoms with Gasteiger partial charge in [-0.15, -0.1) is 11.3 Å². The number of hydrogen-bond donors (Lipinski definition) is 3. The van der Waals surface area contributed by atoms with Crippen LogP contribution in [0.5, 0.6) is 5.75 Å². The molecule has 3 rings (SSSR count). The SMILES string of the molecule is O=C(Nc1ccc(C(=O)O)c(O)c1)c1nc(-c2ccccc2)cs1. The predicted molar refractivity (Wildman–Crippen MR) is 90.6 cm³/mol. The molecule has 0 unspecified atom stereocenters. The fraction of sp³-hybridized carbons (Fsp3) is 0. The number of nitrogens with one attached hydrogen (secondary N) is 1. The Morgan fingerprint density at radius 1 is 1.08 bits per heavy atom. The van der Waals surface area contributed by atoms with Crippen molar-refractivity contribution in [2.75, 3.05) is 5.32 Å². The summed E-state index contributed by atoms with van der Waals surface area (Å²) in [6, 6.07) is 13.3. The maximum absolute atomic E-state index is 12.2. The van der Waals surface area contributed by atoms with Crippen LogP contribution in [-0.4, -0.2) is 27.1 Å². The minimum Gasteiger partial charge on any atom is -0.507 e. The van der Waals surface area contributed by atoms with Gasteiger partial charge < -0.3 is 15.5 Å². The highest BCUT2D eigenvalue weighted by Crippen LogP contribution is 2.24. The van der Waals surface area contributed by atoms with Crippen molar-refractivity contribution in [1.82, 2.24) is 4.98 Å². The third kappa shape index (κ3) is 3.26. The van der Waals surface area contributed by atoms with E-state index in [1.54, 1.807) is 5.38 Å². The van der Waals surface area contributed by atoms with Gasteiger partial charge in [-0.25, -0.2) is 9.78 Å². The number of rotatable bonds is 4. The van der Waals surface area contributed by atoms with Crippen molar-refractivity contribution in [2.24, 2.45) is 0 Å². The van der Waals surface area contributed by atoms with Gasteiger partial charge in [-0.05, 0) is 12.1 Å². The first kappa shape index (κ1) is 15.7. The van der Waals surface area contributed by atoms with Crippen LogP contribution in [-0.2, 0) is 0 Å². The molecule has 0 bridgehead atoms. The van der Waals surface area contributed by atoms with Crippen molar-refractivity contribution >= 4 is 28.9 Å². The van der Waals surface area contributed by atoms with Gasteiger partial charge in [-0.3, -0.25) is 4.79 Å². The lowest BCUT2D eigenvalue weighted by molar-refractivity contribution is 0.0693. The first-order valence-electron chi connectivity index (χ1n) is 6.93. The van der Waals surface area contributed by atoms with Crippen LogP contribution in [0.2, 0.25) is 0 Å². The van der Waals surface area contributed by atoms with E-state index in [-0.39, 0.29) is 10.6 Å². The molecule has 2 aromatic carbocycles. The van der Waals surface area contributed by atoms with Crippen LogP contribution in [0.3, 0.4) is 0 Å². The molecule has 0 radical (unpaired) electrons. The van der Waals surface area contributed by atoms with Crippen molar-refractivity contribution in [3.05, 3.63) is 64.5 Å². The zero-order valence-corrected chi connectivity index (χ0v) is 13.1. The Kier molecular flexibility index (Phi) is 4.26. The third-order valence-corrected chi connectivity index (χ3v) is 4.10. The molecule has 7 heteroatoms. The Morgan fingerprint density at radius 3 is 2.50 bits per heavy atom. The van der Waals surface area contributed by atoms with Gasteiger partial charge in [0.1, 0.15) is 11.3 Å². The number of carboxylic acids is 1. The monoisotopic (exact) mass is 340 g/mol. The summed E-state index contributed by atoms with van der Waals surface area (Å²) in [5, 5.41) is 23.2. The number of aromatic carboxylic acids is 1. The Labute approximate surface area is 141 Å². The van der Waals surface area contributed by atoms with E-state index in [0.29, 0.717) is 11.4 Å². The summed E-state index contributed by atoms with van der Waals surface area (Å²) in [4.78, 5) is 27.4. The van der Waals surface area contributed by atoms with Gasteiger partial charge in [0.2, 0.25) is 0 Å². The van der Waals surface area contributed by atoms with Crippen LogP contribution in [0.4, 0.5) is 5.69 Å². The summed E-state index contributed by atoms with van der Waals surface area (Å²) < 4.78 is 0. The molecule has 0 saturated carbocycles. The van der Waals surface area contributed by atoms with E-state index in [0.717, 1.165) is 5.56 Å². The van der Waals surface area contributed by atoms with E-state index in [1.165, 1.54) is 29.5 Å². The molecule has 1 amide bonds. The molecule has 0 aliphatic heterocycles. The normalized spacial score (nSPS) is 10.3. The molecule has 0 fully saturated rings. The molecule has 6 nitrogen and oxygen atoms in total. The van der Waals surface area contributed by atoms with Gasteiger partial charge in [0, 0.05) is 22.7 Å². The number of benzene rings is 2. The summed E-state index contributed by atoms with van der Waals surface area (Å²) in [5.41, 5.74) is 1.68. The largest absolute Gasteiger partial charge is 0.507 e. The second kappa shape index (κ2) is 6.51. The third-order valence-electron chi connectivity index (χ3n) is 3.25. The average Bonchev–Trinajstić information content (AvgIpc) is 3.05. The topological polar surface area (TPSA) is 99.5 Å². The number of aromatic nitrogens is 1. The number of thiazole rings is 1. The number of phenols is 1. The highest BCUT2D eigenvalue weighted by molar-refractivity contribution is 7.12. The van der Waals surface area contributed by atoms with Crippen LogP contribution < -0.4 is 5.32 Å². The van der Waals surface area contributed by atoms with E-state index in [4.69, 9.17) is 5.11 Å². The smallest absolute Gasteiger partial charge is 0.339 e. The second-order valence-electron chi connectivity index (χ2n) is 4.90. The number of nitrogens with zero attached hydrogens (tertiary/aromatic N) is 1. The van der Waals surface area contributed by atoms with Crippen LogP contribution in [0, 0.1) is 0 Å². The summed E-state index contributed by atoms with van der Waals surface area (Å²) in [6.45, 7) is 0. The maximum atomic E-state index is 12.2. The minimum absolute atomic E-state index is 0.228. The molecular weight excluding hydrogens is 328 g/mol. The zero-order valence-electron chi connectivity index (χ0n) is 12.3. The maximum Gasteiger partial charge on any atom is 0.339 e. The average molecular weight is 340 g/mol. The van der Waals surface area contributed by atoms with Gasteiger partial charge in [-0.2, -0.15) is 0 Å². The molecule has 1 heterocycles. The van der Waals surface area contributed by atoms with Gasteiger partial charge >= 0.3 is 5.97 Å². The Morgan fingerprint density at radius 2 is 1.83 bits per heavy atom. The van der Waals surface area contributed by atoms with E-state index in [9.17, 15) is 14.7 Å². The van der Waals surface area contributed by atoms with Crippen LogP contribution in [0.25, 0.3) is 11.3 Å². The second-order valence-corrected chi connectivity index (χ2v) is 5.75. The quantitative estimate of drug-likeness (QED) is 0.675. The standard InChI is InChI=1S/C17H12N2O4S/c20-14-8-11(6-7-12(14)17(22)23)18-15(21)16-19-13(9-24-16)10-4-2-1-3-5-10/h1-9,20H,(H,18,21)(H,22,23). The van der Waals surface area contributed by atoms with Crippen molar-refractivity contribution in [1.29, 1.82) is 0 Å². The first-order valence-corrected chi connectivity index (χ1v) is 7.81. The Balaban J connectivity index is 1.77. The highest BCUT2D eigenvalue weighted by Gasteiger charge is 2.14. The summed E-state index contributed by atoms with van der Waals surface area (Å²) in [6.07, 6.45) is 0. The molecule has 0 aliphatic carbocycles. The lowest BCUT2D eigenvalue weighted by Gasteiger charge is -2.05. The van der Waals surface area contributed by atoms with E-state index >= 15 is 0 Å². The minimum atomic E-state index is -1.24. The molecule has 0 spiro atoms. The summed E-state index contributed by atoms with van der Waals surface area (Å²) in [5.74, 6) is -2.08. The number of carbonyl (C=O) groups is 2. The van der Waals surface area contributed by atoms with Gasteiger partial charge in [0.15, 0.2) is 5.01 Å². The van der Waals surface area contributed by atoms with Crippen molar-refractivity contribution in [3.63, 3.8) is 0 Å². The zero-order chi connectivity index (χ0) is 17.1.